The average Bonchev–Trinajstić information content (AvgIpc) is 3.18. The van der Waals surface area contributed by atoms with Gasteiger partial charge in [0.2, 0.25) is 6.79 Å². The molecule has 4 nitrogen and oxygen atoms in total. The molecular weight excluding hydrogens is 266 g/mol. The van der Waals surface area contributed by atoms with E-state index in [2.05, 4.69) is 11.8 Å². The van der Waals surface area contributed by atoms with Crippen molar-refractivity contribution < 1.29 is 14.3 Å². The van der Waals surface area contributed by atoms with Crippen LogP contribution in [0.5, 0.6) is 11.5 Å². The lowest BCUT2D eigenvalue weighted by atomic mass is 9.98. The Morgan fingerprint density at radius 3 is 2.76 bits per heavy atom. The van der Waals surface area contributed by atoms with Gasteiger partial charge in [-0.1, -0.05) is 19.8 Å². The zero-order valence-electron chi connectivity index (χ0n) is 12.6. The second-order valence-corrected chi connectivity index (χ2v) is 5.83. The van der Waals surface area contributed by atoms with E-state index in [4.69, 9.17) is 9.47 Å². The summed E-state index contributed by atoms with van der Waals surface area (Å²) in [6.07, 6.45) is 5.58. The Bertz CT molecular complexity index is 509. The van der Waals surface area contributed by atoms with Crippen LogP contribution in [0, 0.1) is 0 Å². The summed E-state index contributed by atoms with van der Waals surface area (Å²) in [6, 6.07) is 5.56. The van der Waals surface area contributed by atoms with Crippen molar-refractivity contribution >= 4 is 5.78 Å². The van der Waals surface area contributed by atoms with Crippen LogP contribution in [0.4, 0.5) is 0 Å². The van der Waals surface area contributed by atoms with Crippen molar-refractivity contribution in [3.05, 3.63) is 23.8 Å². The molecule has 1 atom stereocenters. The molecule has 0 amide bonds. The van der Waals surface area contributed by atoms with Crippen LogP contribution >= 0.6 is 0 Å². The lowest BCUT2D eigenvalue weighted by Crippen LogP contribution is -2.39. The van der Waals surface area contributed by atoms with Crippen molar-refractivity contribution in [2.24, 2.45) is 0 Å². The molecule has 1 saturated heterocycles. The summed E-state index contributed by atoms with van der Waals surface area (Å²) in [5.74, 6) is 1.65. The first kappa shape index (κ1) is 14.4. The Hall–Kier alpha value is -1.55. The van der Waals surface area contributed by atoms with Gasteiger partial charge in [-0.05, 0) is 50.6 Å². The van der Waals surface area contributed by atoms with Gasteiger partial charge in [-0.25, -0.2) is 0 Å². The number of unbranched alkanes of at least 4 members (excludes halogenated alkanes) is 1. The third-order valence-corrected chi connectivity index (χ3v) is 4.37. The normalized spacial score (nSPS) is 18.9. The van der Waals surface area contributed by atoms with E-state index in [1.165, 1.54) is 12.8 Å². The number of hydrogen-bond donors (Lipinski definition) is 0. The van der Waals surface area contributed by atoms with Crippen LogP contribution in [0.15, 0.2) is 18.2 Å². The van der Waals surface area contributed by atoms with Gasteiger partial charge in [-0.3, -0.25) is 9.69 Å². The van der Waals surface area contributed by atoms with E-state index in [0.29, 0.717) is 5.75 Å². The highest BCUT2D eigenvalue weighted by Gasteiger charge is 2.29. The molecule has 21 heavy (non-hydrogen) atoms. The van der Waals surface area contributed by atoms with Gasteiger partial charge in [-0.15, -0.1) is 0 Å². The monoisotopic (exact) mass is 289 g/mol. The summed E-state index contributed by atoms with van der Waals surface area (Å²) in [6.45, 7) is 4.51. The number of likely N-dealkylation sites (tertiary alicyclic amines) is 1. The number of carbonyl (C=O) groups excluding carboxylic acids is 1. The van der Waals surface area contributed by atoms with Crippen molar-refractivity contribution in [1.29, 1.82) is 0 Å². The Kier molecular flexibility index (Phi) is 4.44. The van der Waals surface area contributed by atoms with Gasteiger partial charge < -0.3 is 9.47 Å². The average molecular weight is 289 g/mol. The molecule has 3 rings (SSSR count). The summed E-state index contributed by atoms with van der Waals surface area (Å²) in [5.41, 5.74) is 0.743. The quantitative estimate of drug-likeness (QED) is 0.754. The maximum atomic E-state index is 12.9. The summed E-state index contributed by atoms with van der Waals surface area (Å²) in [4.78, 5) is 15.2. The highest BCUT2D eigenvalue weighted by molar-refractivity contribution is 6.00. The van der Waals surface area contributed by atoms with Gasteiger partial charge in [-0.2, -0.15) is 0 Å². The summed E-state index contributed by atoms with van der Waals surface area (Å²) in [5, 5.41) is 0. The number of ketones is 1. The molecule has 0 aromatic heterocycles. The SMILES string of the molecule is CCCCC(C(=O)c1ccc2c(c1)OCO2)N1CCCC1. The van der Waals surface area contributed by atoms with Crippen molar-refractivity contribution in [3.63, 3.8) is 0 Å². The fraction of sp³-hybridized carbons (Fsp3) is 0.588. The maximum Gasteiger partial charge on any atom is 0.231 e. The molecular formula is C17H23NO3. The van der Waals surface area contributed by atoms with Crippen LogP contribution in [0.2, 0.25) is 0 Å². The van der Waals surface area contributed by atoms with Gasteiger partial charge in [0.1, 0.15) is 0 Å². The Morgan fingerprint density at radius 1 is 1.24 bits per heavy atom. The van der Waals surface area contributed by atoms with E-state index in [1.54, 1.807) is 0 Å². The van der Waals surface area contributed by atoms with Gasteiger partial charge in [0.15, 0.2) is 17.3 Å². The number of carbonyl (C=O) groups is 1. The third kappa shape index (κ3) is 3.05. The zero-order valence-corrected chi connectivity index (χ0v) is 12.6. The second kappa shape index (κ2) is 6.48. The minimum Gasteiger partial charge on any atom is -0.454 e. The van der Waals surface area contributed by atoms with Gasteiger partial charge in [0.05, 0.1) is 6.04 Å². The number of hydrogen-bond acceptors (Lipinski definition) is 4. The topological polar surface area (TPSA) is 38.8 Å². The number of nitrogens with zero attached hydrogens (tertiary/aromatic N) is 1. The number of ether oxygens (including phenoxy) is 2. The first-order valence-electron chi connectivity index (χ1n) is 7.97. The van der Waals surface area contributed by atoms with Crippen LogP contribution in [0.25, 0.3) is 0 Å². The molecule has 2 aliphatic heterocycles. The smallest absolute Gasteiger partial charge is 0.231 e. The standard InChI is InChI=1S/C17H23NO3/c1-2-3-6-14(18-9-4-5-10-18)17(19)13-7-8-15-16(11-13)21-12-20-15/h7-8,11,14H,2-6,9-10,12H2,1H3. The summed E-state index contributed by atoms with van der Waals surface area (Å²) in [7, 11) is 0. The molecule has 0 aliphatic carbocycles. The lowest BCUT2D eigenvalue weighted by Gasteiger charge is -2.26. The fourth-order valence-electron chi connectivity index (χ4n) is 3.17. The highest BCUT2D eigenvalue weighted by Crippen LogP contribution is 2.33. The molecule has 0 spiro atoms. The minimum absolute atomic E-state index is 0.0211. The third-order valence-electron chi connectivity index (χ3n) is 4.37. The molecule has 0 N–H and O–H groups in total. The fourth-order valence-corrected chi connectivity index (χ4v) is 3.17. The molecule has 2 aliphatic rings. The first-order valence-corrected chi connectivity index (χ1v) is 7.97. The second-order valence-electron chi connectivity index (χ2n) is 5.83. The van der Waals surface area contributed by atoms with Crippen molar-refractivity contribution in [1.82, 2.24) is 4.90 Å². The highest BCUT2D eigenvalue weighted by atomic mass is 16.7. The lowest BCUT2D eigenvalue weighted by molar-refractivity contribution is 0.0835. The molecule has 1 fully saturated rings. The molecule has 0 bridgehead atoms. The van der Waals surface area contributed by atoms with E-state index in [9.17, 15) is 4.79 Å². The predicted octanol–water partition coefficient (Wildman–Crippen LogP) is 3.25. The molecule has 1 aromatic rings. The van der Waals surface area contributed by atoms with E-state index in [0.717, 1.165) is 43.7 Å². The van der Waals surface area contributed by atoms with Gasteiger partial charge in [0, 0.05) is 5.56 Å². The molecule has 0 saturated carbocycles. The molecule has 0 radical (unpaired) electrons. The van der Waals surface area contributed by atoms with Crippen LogP contribution in [0.3, 0.4) is 0 Å². The number of fused-ring (bicyclic) bond motifs is 1. The minimum atomic E-state index is 0.0211. The summed E-state index contributed by atoms with van der Waals surface area (Å²) < 4.78 is 10.7. The number of benzene rings is 1. The van der Waals surface area contributed by atoms with Gasteiger partial charge >= 0.3 is 0 Å². The molecule has 4 heteroatoms. The van der Waals surface area contributed by atoms with Crippen LogP contribution < -0.4 is 9.47 Å². The van der Waals surface area contributed by atoms with Crippen molar-refractivity contribution in [2.45, 2.75) is 45.1 Å². The van der Waals surface area contributed by atoms with Crippen LogP contribution in [0.1, 0.15) is 49.4 Å². The van der Waals surface area contributed by atoms with Crippen LogP contribution in [-0.2, 0) is 0 Å². The Morgan fingerprint density at radius 2 is 2.00 bits per heavy atom. The van der Waals surface area contributed by atoms with Crippen molar-refractivity contribution in [2.75, 3.05) is 19.9 Å². The Balaban J connectivity index is 1.79. The van der Waals surface area contributed by atoms with Crippen LogP contribution in [-0.4, -0.2) is 36.6 Å². The predicted molar refractivity (Wildman–Crippen MR) is 81.0 cm³/mol. The Labute approximate surface area is 126 Å². The molecule has 1 unspecified atom stereocenters. The maximum absolute atomic E-state index is 12.9. The zero-order chi connectivity index (χ0) is 14.7. The van der Waals surface area contributed by atoms with E-state index >= 15 is 0 Å². The van der Waals surface area contributed by atoms with E-state index < -0.39 is 0 Å². The van der Waals surface area contributed by atoms with E-state index in [1.807, 2.05) is 18.2 Å². The molecule has 114 valence electrons. The molecule has 1 aromatic carbocycles. The van der Waals surface area contributed by atoms with Gasteiger partial charge in [0.25, 0.3) is 0 Å². The van der Waals surface area contributed by atoms with Crippen molar-refractivity contribution in [3.8, 4) is 11.5 Å². The largest absolute Gasteiger partial charge is 0.454 e. The number of rotatable bonds is 6. The summed E-state index contributed by atoms with van der Waals surface area (Å²) >= 11 is 0. The molecule has 2 heterocycles. The van der Waals surface area contributed by atoms with E-state index in [-0.39, 0.29) is 18.6 Å². The first-order chi connectivity index (χ1) is 10.3. The number of Topliss-reactive ketones (excluding diaryl/α,β-unsaturated/α-hetero) is 1.